The van der Waals surface area contributed by atoms with E-state index in [0.29, 0.717) is 11.8 Å². The lowest BCUT2D eigenvalue weighted by Gasteiger charge is -2.35. The first-order valence-electron chi connectivity index (χ1n) is 8.98. The van der Waals surface area contributed by atoms with Crippen LogP contribution in [-0.4, -0.2) is 42.0 Å². The summed E-state index contributed by atoms with van der Waals surface area (Å²) in [6, 6.07) is 4.94. The number of hydrogen-bond acceptors (Lipinski definition) is 2. The first-order valence-corrected chi connectivity index (χ1v) is 8.98. The van der Waals surface area contributed by atoms with Crippen molar-refractivity contribution in [2.45, 2.75) is 31.6 Å². The zero-order valence-electron chi connectivity index (χ0n) is 13.9. The van der Waals surface area contributed by atoms with Crippen molar-refractivity contribution in [2.75, 3.05) is 26.2 Å². The van der Waals surface area contributed by atoms with E-state index in [4.69, 9.17) is 0 Å². The monoisotopic (exact) mass is 329 g/mol. The molecule has 5 heteroatoms. The minimum atomic E-state index is -0.210. The van der Waals surface area contributed by atoms with Gasteiger partial charge in [0.15, 0.2) is 0 Å². The van der Waals surface area contributed by atoms with Crippen LogP contribution in [0.1, 0.15) is 37.2 Å². The topological polar surface area (TPSA) is 48.1 Å². The van der Waals surface area contributed by atoms with Crippen molar-refractivity contribution in [3.8, 4) is 0 Å². The molecule has 1 aromatic carbocycles. The molecule has 0 saturated carbocycles. The third-order valence-corrected chi connectivity index (χ3v) is 5.61. The van der Waals surface area contributed by atoms with Crippen LogP contribution in [0, 0.1) is 11.7 Å². The van der Waals surface area contributed by atoms with Crippen molar-refractivity contribution in [1.82, 2.24) is 15.2 Å². The largest absolute Gasteiger partial charge is 0.361 e. The Balaban J connectivity index is 1.42. The molecule has 0 atom stereocenters. The second-order valence-corrected chi connectivity index (χ2v) is 7.06. The third-order valence-electron chi connectivity index (χ3n) is 5.61. The van der Waals surface area contributed by atoms with Crippen LogP contribution >= 0.6 is 0 Å². The molecular weight excluding hydrogens is 305 g/mol. The number of aromatic nitrogens is 1. The first-order chi connectivity index (χ1) is 11.7. The number of halogens is 1. The molecule has 2 fully saturated rings. The number of H-pyrrole nitrogens is 1. The summed E-state index contributed by atoms with van der Waals surface area (Å²) in [5.41, 5.74) is 2.12. The standard InChI is InChI=1S/C19H24FN3O/c20-15-1-2-16-17(12-22-18(16)11-15)13-5-9-23(10-6-13)19(24)14-3-7-21-8-4-14/h1-2,11-14,21-22H,3-10H2. The van der Waals surface area contributed by atoms with Gasteiger partial charge in [-0.15, -0.1) is 0 Å². The van der Waals surface area contributed by atoms with Gasteiger partial charge in [0.2, 0.25) is 5.91 Å². The summed E-state index contributed by atoms with van der Waals surface area (Å²) >= 11 is 0. The molecule has 128 valence electrons. The lowest BCUT2D eigenvalue weighted by Crippen LogP contribution is -2.44. The van der Waals surface area contributed by atoms with Crippen LogP contribution in [0.4, 0.5) is 4.39 Å². The van der Waals surface area contributed by atoms with Gasteiger partial charge < -0.3 is 15.2 Å². The highest BCUT2D eigenvalue weighted by Crippen LogP contribution is 2.34. The molecule has 2 aromatic rings. The van der Waals surface area contributed by atoms with E-state index >= 15 is 0 Å². The van der Waals surface area contributed by atoms with Gasteiger partial charge in [-0.3, -0.25) is 4.79 Å². The summed E-state index contributed by atoms with van der Waals surface area (Å²) in [7, 11) is 0. The number of carbonyl (C=O) groups is 1. The van der Waals surface area contributed by atoms with Crippen molar-refractivity contribution in [2.24, 2.45) is 5.92 Å². The van der Waals surface area contributed by atoms with E-state index in [0.717, 1.165) is 62.8 Å². The number of aromatic amines is 1. The Hall–Kier alpha value is -1.88. The van der Waals surface area contributed by atoms with Gasteiger partial charge in [-0.2, -0.15) is 0 Å². The van der Waals surface area contributed by atoms with Crippen LogP contribution in [0.5, 0.6) is 0 Å². The highest BCUT2D eigenvalue weighted by molar-refractivity contribution is 5.84. The summed E-state index contributed by atoms with van der Waals surface area (Å²) in [4.78, 5) is 17.9. The Morgan fingerprint density at radius 3 is 2.62 bits per heavy atom. The molecule has 0 bridgehead atoms. The fourth-order valence-electron chi connectivity index (χ4n) is 4.20. The van der Waals surface area contributed by atoms with E-state index < -0.39 is 0 Å². The number of fused-ring (bicyclic) bond motifs is 1. The van der Waals surface area contributed by atoms with Crippen LogP contribution in [0.3, 0.4) is 0 Å². The van der Waals surface area contributed by atoms with Crippen molar-refractivity contribution >= 4 is 16.8 Å². The number of amides is 1. The molecule has 2 aliphatic rings. The van der Waals surface area contributed by atoms with Crippen LogP contribution in [-0.2, 0) is 4.79 Å². The van der Waals surface area contributed by atoms with Gasteiger partial charge in [0, 0.05) is 36.1 Å². The SMILES string of the molecule is O=C(C1CCNCC1)N1CCC(c2c[nH]c3cc(F)ccc23)CC1. The van der Waals surface area contributed by atoms with E-state index in [-0.39, 0.29) is 11.7 Å². The minimum Gasteiger partial charge on any atom is -0.361 e. The number of nitrogens with zero attached hydrogens (tertiary/aromatic N) is 1. The maximum atomic E-state index is 13.3. The fourth-order valence-corrected chi connectivity index (χ4v) is 4.20. The molecule has 4 rings (SSSR count). The van der Waals surface area contributed by atoms with Gasteiger partial charge in [0.25, 0.3) is 0 Å². The van der Waals surface area contributed by atoms with E-state index in [9.17, 15) is 9.18 Å². The number of piperidine rings is 2. The lowest BCUT2D eigenvalue weighted by molar-refractivity contribution is -0.137. The summed E-state index contributed by atoms with van der Waals surface area (Å²) in [5, 5.41) is 4.43. The number of likely N-dealkylation sites (tertiary alicyclic amines) is 1. The van der Waals surface area contributed by atoms with Gasteiger partial charge in [0.05, 0.1) is 0 Å². The summed E-state index contributed by atoms with van der Waals surface area (Å²) in [5.74, 6) is 0.786. The maximum absolute atomic E-state index is 13.3. The van der Waals surface area contributed by atoms with Crippen LogP contribution in [0.2, 0.25) is 0 Å². The quantitative estimate of drug-likeness (QED) is 0.890. The molecule has 2 aliphatic heterocycles. The van der Waals surface area contributed by atoms with Crippen molar-refractivity contribution in [3.63, 3.8) is 0 Å². The number of carbonyl (C=O) groups excluding carboxylic acids is 1. The van der Waals surface area contributed by atoms with E-state index in [1.165, 1.54) is 11.6 Å². The molecule has 24 heavy (non-hydrogen) atoms. The number of nitrogens with one attached hydrogen (secondary N) is 2. The molecule has 2 saturated heterocycles. The molecular formula is C19H24FN3O. The number of hydrogen-bond donors (Lipinski definition) is 2. The van der Waals surface area contributed by atoms with Crippen molar-refractivity contribution < 1.29 is 9.18 Å². The molecule has 1 amide bonds. The second-order valence-electron chi connectivity index (χ2n) is 7.06. The Bertz CT molecular complexity index is 727. The highest BCUT2D eigenvalue weighted by Gasteiger charge is 2.30. The molecule has 0 unspecified atom stereocenters. The Labute approximate surface area is 141 Å². The molecule has 3 heterocycles. The van der Waals surface area contributed by atoms with Gasteiger partial charge >= 0.3 is 0 Å². The Morgan fingerprint density at radius 2 is 1.88 bits per heavy atom. The van der Waals surface area contributed by atoms with E-state index in [1.807, 2.05) is 12.3 Å². The molecule has 0 spiro atoms. The van der Waals surface area contributed by atoms with E-state index in [1.54, 1.807) is 6.07 Å². The minimum absolute atomic E-state index is 0.207. The van der Waals surface area contributed by atoms with Crippen LogP contribution in [0.15, 0.2) is 24.4 Å². The third kappa shape index (κ3) is 2.93. The Morgan fingerprint density at radius 1 is 1.12 bits per heavy atom. The smallest absolute Gasteiger partial charge is 0.225 e. The normalized spacial score (nSPS) is 20.6. The zero-order chi connectivity index (χ0) is 16.5. The molecule has 0 aliphatic carbocycles. The predicted octanol–water partition coefficient (Wildman–Crippen LogP) is 3.01. The van der Waals surface area contributed by atoms with Crippen molar-refractivity contribution in [1.29, 1.82) is 0 Å². The maximum Gasteiger partial charge on any atom is 0.225 e. The van der Waals surface area contributed by atoms with Gasteiger partial charge in [0.1, 0.15) is 5.82 Å². The van der Waals surface area contributed by atoms with Crippen molar-refractivity contribution in [3.05, 3.63) is 35.8 Å². The van der Waals surface area contributed by atoms with E-state index in [2.05, 4.69) is 15.2 Å². The predicted molar refractivity (Wildman–Crippen MR) is 92.4 cm³/mol. The zero-order valence-corrected chi connectivity index (χ0v) is 13.9. The fraction of sp³-hybridized carbons (Fsp3) is 0.526. The average molecular weight is 329 g/mol. The van der Waals surface area contributed by atoms with Gasteiger partial charge in [-0.1, -0.05) is 0 Å². The van der Waals surface area contributed by atoms with Gasteiger partial charge in [-0.25, -0.2) is 4.39 Å². The molecule has 1 aromatic heterocycles. The Kier molecular flexibility index (Phi) is 4.27. The molecule has 2 N–H and O–H groups in total. The molecule has 4 nitrogen and oxygen atoms in total. The number of benzene rings is 1. The summed E-state index contributed by atoms with van der Waals surface area (Å²) < 4.78 is 13.3. The highest BCUT2D eigenvalue weighted by atomic mass is 19.1. The van der Waals surface area contributed by atoms with Crippen LogP contribution in [0.25, 0.3) is 10.9 Å². The second kappa shape index (κ2) is 6.55. The molecule has 0 radical (unpaired) electrons. The number of rotatable bonds is 2. The van der Waals surface area contributed by atoms with Gasteiger partial charge in [-0.05, 0) is 68.5 Å². The lowest BCUT2D eigenvalue weighted by atomic mass is 9.88. The average Bonchev–Trinajstić information content (AvgIpc) is 3.05. The first kappa shape index (κ1) is 15.6. The van der Waals surface area contributed by atoms with Crippen LogP contribution < -0.4 is 5.32 Å². The summed E-state index contributed by atoms with van der Waals surface area (Å²) in [6.07, 6.45) is 5.92. The summed E-state index contributed by atoms with van der Waals surface area (Å²) in [6.45, 7) is 3.58.